The lowest BCUT2D eigenvalue weighted by atomic mass is 9.99. The Kier molecular flexibility index (Phi) is 4.78. The number of carbonyl (C=O) groups excluding carboxylic acids is 1. The normalized spacial score (nSPS) is 13.4. The van der Waals surface area contributed by atoms with Gasteiger partial charge in [-0.25, -0.2) is 9.97 Å². The summed E-state index contributed by atoms with van der Waals surface area (Å²) >= 11 is 12.3. The first-order valence-electron chi connectivity index (χ1n) is 7.24. The van der Waals surface area contributed by atoms with Crippen LogP contribution in [-0.2, 0) is 13.0 Å². The van der Waals surface area contributed by atoms with Crippen molar-refractivity contribution in [2.75, 3.05) is 20.8 Å². The number of hydrogen-bond donors (Lipinski definition) is 0. The van der Waals surface area contributed by atoms with Gasteiger partial charge in [0, 0.05) is 23.1 Å². The van der Waals surface area contributed by atoms with E-state index in [1.54, 1.807) is 11.0 Å². The van der Waals surface area contributed by atoms with Crippen LogP contribution >= 0.6 is 23.2 Å². The summed E-state index contributed by atoms with van der Waals surface area (Å²) in [6.45, 7) is 0.921. The molecule has 2 aromatic rings. The van der Waals surface area contributed by atoms with Crippen molar-refractivity contribution >= 4 is 29.1 Å². The molecule has 1 amide bonds. The number of methoxy groups -OCH3 is 2. The second kappa shape index (κ2) is 6.83. The highest BCUT2D eigenvalue weighted by molar-refractivity contribution is 6.35. The second-order valence-corrected chi connectivity index (χ2v) is 6.11. The molecule has 0 saturated heterocycles. The largest absolute Gasteiger partial charge is 0.480 e. The smallest absolute Gasteiger partial charge is 0.265 e. The maximum atomic E-state index is 13.0. The molecule has 1 aromatic heterocycles. The summed E-state index contributed by atoms with van der Waals surface area (Å²) in [6, 6.07) is 3.55. The van der Waals surface area contributed by atoms with Gasteiger partial charge in [-0.15, -0.1) is 0 Å². The molecule has 0 unspecified atom stereocenters. The fourth-order valence-electron chi connectivity index (χ4n) is 2.79. The SMILES string of the molecule is COc1ncnc(OC)c1C(=O)N1CCc2c(Cl)cc(Cl)cc2C1. The summed E-state index contributed by atoms with van der Waals surface area (Å²) in [7, 11) is 2.90. The van der Waals surface area contributed by atoms with Crippen molar-refractivity contribution in [3.8, 4) is 11.8 Å². The Hall–Kier alpha value is -2.05. The summed E-state index contributed by atoms with van der Waals surface area (Å²) in [5.41, 5.74) is 2.16. The molecule has 0 N–H and O–H groups in total. The van der Waals surface area contributed by atoms with Crippen molar-refractivity contribution in [3.05, 3.63) is 45.2 Å². The number of rotatable bonds is 3. The Balaban J connectivity index is 1.95. The molecule has 1 aliphatic rings. The van der Waals surface area contributed by atoms with E-state index in [0.717, 1.165) is 11.1 Å². The zero-order chi connectivity index (χ0) is 17.3. The molecule has 126 valence electrons. The van der Waals surface area contributed by atoms with Gasteiger partial charge in [0.25, 0.3) is 5.91 Å². The van der Waals surface area contributed by atoms with Crippen molar-refractivity contribution in [1.29, 1.82) is 0 Å². The maximum absolute atomic E-state index is 13.0. The lowest BCUT2D eigenvalue weighted by molar-refractivity contribution is 0.0725. The number of benzene rings is 1. The molecule has 0 aliphatic carbocycles. The first kappa shape index (κ1) is 16.8. The van der Waals surface area contributed by atoms with E-state index in [0.29, 0.717) is 29.6 Å². The zero-order valence-corrected chi connectivity index (χ0v) is 14.7. The third kappa shape index (κ3) is 2.99. The molecule has 3 rings (SSSR count). The minimum atomic E-state index is -0.258. The van der Waals surface area contributed by atoms with Gasteiger partial charge in [0.2, 0.25) is 11.8 Å². The van der Waals surface area contributed by atoms with Crippen LogP contribution in [0, 0.1) is 0 Å². The minimum absolute atomic E-state index is 0.182. The van der Waals surface area contributed by atoms with Crippen LogP contribution in [0.3, 0.4) is 0 Å². The van der Waals surface area contributed by atoms with Gasteiger partial charge in [-0.1, -0.05) is 23.2 Å². The van der Waals surface area contributed by atoms with Crippen LogP contribution in [0.15, 0.2) is 18.5 Å². The van der Waals surface area contributed by atoms with E-state index in [9.17, 15) is 4.79 Å². The Labute approximate surface area is 149 Å². The van der Waals surface area contributed by atoms with Crippen LogP contribution < -0.4 is 9.47 Å². The Morgan fingerprint density at radius 2 is 1.83 bits per heavy atom. The molecule has 6 nitrogen and oxygen atoms in total. The van der Waals surface area contributed by atoms with E-state index < -0.39 is 0 Å². The van der Waals surface area contributed by atoms with E-state index in [-0.39, 0.29) is 23.2 Å². The number of hydrogen-bond acceptors (Lipinski definition) is 5. The lowest BCUT2D eigenvalue weighted by Crippen LogP contribution is -2.36. The van der Waals surface area contributed by atoms with Crippen LogP contribution in [0.25, 0.3) is 0 Å². The molecular formula is C16H15Cl2N3O3. The fraction of sp³-hybridized carbons (Fsp3) is 0.312. The zero-order valence-electron chi connectivity index (χ0n) is 13.2. The van der Waals surface area contributed by atoms with Crippen molar-refractivity contribution in [2.45, 2.75) is 13.0 Å². The topological polar surface area (TPSA) is 64.6 Å². The number of amides is 1. The van der Waals surface area contributed by atoms with Gasteiger partial charge < -0.3 is 14.4 Å². The van der Waals surface area contributed by atoms with Gasteiger partial charge in [-0.05, 0) is 29.7 Å². The maximum Gasteiger partial charge on any atom is 0.265 e. The van der Waals surface area contributed by atoms with Gasteiger partial charge >= 0.3 is 0 Å². The number of fused-ring (bicyclic) bond motifs is 1. The van der Waals surface area contributed by atoms with Crippen molar-refractivity contribution in [1.82, 2.24) is 14.9 Å². The highest BCUT2D eigenvalue weighted by atomic mass is 35.5. The highest BCUT2D eigenvalue weighted by Gasteiger charge is 2.29. The average molecular weight is 368 g/mol. The quantitative estimate of drug-likeness (QED) is 0.834. The van der Waals surface area contributed by atoms with Gasteiger partial charge in [0.1, 0.15) is 6.33 Å². The fourth-order valence-corrected chi connectivity index (χ4v) is 3.42. The molecule has 8 heteroatoms. The molecule has 24 heavy (non-hydrogen) atoms. The minimum Gasteiger partial charge on any atom is -0.480 e. The van der Waals surface area contributed by atoms with Crippen molar-refractivity contribution < 1.29 is 14.3 Å². The van der Waals surface area contributed by atoms with E-state index in [4.69, 9.17) is 32.7 Å². The van der Waals surface area contributed by atoms with Crippen LogP contribution in [0.2, 0.25) is 10.0 Å². The van der Waals surface area contributed by atoms with Crippen LogP contribution in [-0.4, -0.2) is 41.5 Å². The molecule has 0 spiro atoms. The van der Waals surface area contributed by atoms with E-state index >= 15 is 0 Å². The van der Waals surface area contributed by atoms with Gasteiger partial charge in [-0.3, -0.25) is 4.79 Å². The molecule has 0 atom stereocenters. The standard InChI is InChI=1S/C16H15Cl2N3O3/c1-23-14-13(15(24-2)20-8-19-14)16(22)21-4-3-11-9(7-21)5-10(17)6-12(11)18/h5-6,8H,3-4,7H2,1-2H3. The third-order valence-corrected chi connectivity index (χ3v) is 4.47. The number of carbonyl (C=O) groups is 1. The third-order valence-electron chi connectivity index (χ3n) is 3.91. The molecule has 2 heterocycles. The van der Waals surface area contributed by atoms with Crippen LogP contribution in [0.1, 0.15) is 21.5 Å². The predicted octanol–water partition coefficient (Wildman–Crippen LogP) is 3.00. The van der Waals surface area contributed by atoms with Crippen molar-refractivity contribution in [2.24, 2.45) is 0 Å². The first-order valence-corrected chi connectivity index (χ1v) is 7.99. The second-order valence-electron chi connectivity index (χ2n) is 5.27. The molecule has 0 fully saturated rings. The summed E-state index contributed by atoms with van der Waals surface area (Å²) in [5, 5.41) is 1.18. The Morgan fingerprint density at radius 3 is 2.46 bits per heavy atom. The summed E-state index contributed by atoms with van der Waals surface area (Å²) in [6.07, 6.45) is 1.94. The molecule has 1 aromatic carbocycles. The monoisotopic (exact) mass is 367 g/mol. The Morgan fingerprint density at radius 1 is 1.17 bits per heavy atom. The summed E-state index contributed by atoms with van der Waals surface area (Å²) < 4.78 is 10.4. The number of aromatic nitrogens is 2. The Bertz CT molecular complexity index is 776. The van der Waals surface area contributed by atoms with Gasteiger partial charge in [0.05, 0.1) is 14.2 Å². The van der Waals surface area contributed by atoms with E-state index in [1.165, 1.54) is 20.5 Å². The van der Waals surface area contributed by atoms with Gasteiger partial charge in [0.15, 0.2) is 5.56 Å². The number of nitrogens with zero attached hydrogens (tertiary/aromatic N) is 3. The molecular weight excluding hydrogens is 353 g/mol. The summed E-state index contributed by atoms with van der Waals surface area (Å²) in [4.78, 5) is 22.6. The lowest BCUT2D eigenvalue weighted by Gasteiger charge is -2.30. The molecule has 0 saturated carbocycles. The van der Waals surface area contributed by atoms with Crippen molar-refractivity contribution in [3.63, 3.8) is 0 Å². The average Bonchev–Trinajstić information content (AvgIpc) is 2.59. The number of ether oxygens (including phenoxy) is 2. The van der Waals surface area contributed by atoms with E-state index in [1.807, 2.05) is 6.07 Å². The van der Waals surface area contributed by atoms with E-state index in [2.05, 4.69) is 9.97 Å². The number of halogens is 2. The first-order chi connectivity index (χ1) is 11.5. The predicted molar refractivity (Wildman–Crippen MR) is 90.0 cm³/mol. The molecule has 0 bridgehead atoms. The summed E-state index contributed by atoms with van der Waals surface area (Å²) in [5.74, 6) is 0.106. The van der Waals surface area contributed by atoms with Gasteiger partial charge in [-0.2, -0.15) is 0 Å². The molecule has 1 aliphatic heterocycles. The highest BCUT2D eigenvalue weighted by Crippen LogP contribution is 2.32. The van der Waals surface area contributed by atoms with Crippen LogP contribution in [0.4, 0.5) is 0 Å². The van der Waals surface area contributed by atoms with Crippen LogP contribution in [0.5, 0.6) is 11.8 Å². The molecule has 0 radical (unpaired) electrons.